The number of imide groups is 1. The molecule has 0 spiro atoms. The summed E-state index contributed by atoms with van der Waals surface area (Å²) in [6.07, 6.45) is -3.24. The summed E-state index contributed by atoms with van der Waals surface area (Å²) in [6.45, 7) is 8.36. The molecule has 0 aliphatic carbocycles. The summed E-state index contributed by atoms with van der Waals surface area (Å²) in [6, 6.07) is 10.6. The van der Waals surface area contributed by atoms with Gasteiger partial charge in [0.2, 0.25) is 5.91 Å². The third kappa shape index (κ3) is 8.29. The van der Waals surface area contributed by atoms with Gasteiger partial charge in [0.25, 0.3) is 17.4 Å². The van der Waals surface area contributed by atoms with Crippen molar-refractivity contribution in [2.24, 2.45) is 0 Å². The number of nitriles is 1. The Bertz CT molecular complexity index is 2100. The first kappa shape index (κ1) is 39.6. The molecule has 0 bridgehead atoms. The molecule has 3 aliphatic rings. The number of halogens is 4. The lowest BCUT2D eigenvalue weighted by Crippen LogP contribution is -2.48. The van der Waals surface area contributed by atoms with Crippen molar-refractivity contribution < 1.29 is 37.0 Å². The number of piperidine rings is 1. The van der Waals surface area contributed by atoms with Gasteiger partial charge in [-0.3, -0.25) is 39.2 Å². The second kappa shape index (κ2) is 15.9. The van der Waals surface area contributed by atoms with Crippen molar-refractivity contribution in [3.05, 3.63) is 75.2 Å². The zero-order valence-corrected chi connectivity index (χ0v) is 31.3. The number of hydrogen-bond acceptors (Lipinski definition) is 11. The zero-order valence-electron chi connectivity index (χ0n) is 29.8. The van der Waals surface area contributed by atoms with Crippen LogP contribution in [0.1, 0.15) is 43.9 Å². The van der Waals surface area contributed by atoms with Crippen molar-refractivity contribution in [2.75, 3.05) is 62.3 Å². The van der Waals surface area contributed by atoms with Crippen molar-refractivity contribution in [1.29, 1.82) is 5.26 Å². The number of nitrogens with zero attached hydrogens (tertiary/aromatic N) is 7. The SMILES string of the molecule is CC1(C)C(=O)N(c2ccc(C#N)c(C(F)(F)F)c2)C(=S)N1c1ccc(OCCN2CCN(CCOc3cnn(C4CCC(=O)NC4=O)c(=O)c3Cl)CC2)cc1. The van der Waals surface area contributed by atoms with Gasteiger partial charge < -0.3 is 14.4 Å². The fourth-order valence-electron chi connectivity index (χ4n) is 6.63. The maximum Gasteiger partial charge on any atom is 0.417 e. The van der Waals surface area contributed by atoms with E-state index in [0.29, 0.717) is 31.1 Å². The minimum Gasteiger partial charge on any atom is -0.492 e. The first-order valence-corrected chi connectivity index (χ1v) is 18.1. The fourth-order valence-corrected chi connectivity index (χ4v) is 7.34. The summed E-state index contributed by atoms with van der Waals surface area (Å²) in [4.78, 5) is 57.0. The van der Waals surface area contributed by atoms with Crippen molar-refractivity contribution in [3.8, 4) is 17.6 Å². The molecular formula is C36H36ClF3N8O6S. The van der Waals surface area contributed by atoms with Gasteiger partial charge in [-0.1, -0.05) is 11.6 Å². The average molecular weight is 801 g/mol. The summed E-state index contributed by atoms with van der Waals surface area (Å²) in [5.74, 6) is -0.806. The Morgan fingerprint density at radius 3 is 2.20 bits per heavy atom. The van der Waals surface area contributed by atoms with Crippen molar-refractivity contribution in [2.45, 2.75) is 44.4 Å². The van der Waals surface area contributed by atoms with Crippen LogP contribution in [0.3, 0.4) is 0 Å². The van der Waals surface area contributed by atoms with Crippen LogP contribution < -0.4 is 30.1 Å². The maximum atomic E-state index is 13.7. The van der Waals surface area contributed by atoms with E-state index in [1.807, 2.05) is 0 Å². The molecule has 1 aromatic heterocycles. The van der Waals surface area contributed by atoms with E-state index in [2.05, 4.69) is 20.2 Å². The Balaban J connectivity index is 0.957. The Kier molecular flexibility index (Phi) is 11.5. The Hall–Kier alpha value is -5.09. The highest BCUT2D eigenvalue weighted by molar-refractivity contribution is 7.81. The largest absolute Gasteiger partial charge is 0.492 e. The van der Waals surface area contributed by atoms with Crippen LogP contribution in [0.4, 0.5) is 24.5 Å². The van der Waals surface area contributed by atoms with E-state index in [0.717, 1.165) is 47.9 Å². The average Bonchev–Trinajstić information content (AvgIpc) is 3.32. The molecule has 0 saturated carbocycles. The molecule has 14 nitrogen and oxygen atoms in total. The number of carbonyl (C=O) groups is 3. The molecule has 1 unspecified atom stereocenters. The van der Waals surface area contributed by atoms with Gasteiger partial charge in [-0.05, 0) is 75.0 Å². The standard InChI is InChI=1S/C36H36ClF3N8O6S/c1-35(2)33(52)46(24-4-3-22(20-41)26(19-24)36(38,39)40)34(55)47(35)23-5-7-25(8-6-23)53-17-15-44-11-13-45(14-12-44)16-18-54-28-21-42-48(32(51)30(28)37)27-9-10-29(49)43-31(27)50/h3-8,19,21,27H,9-18H2,1-2H3,(H,43,49,50). The molecule has 6 rings (SSSR count). The van der Waals surface area contributed by atoms with Gasteiger partial charge in [0.05, 0.1) is 29.1 Å². The summed E-state index contributed by atoms with van der Waals surface area (Å²) >= 11 is 11.9. The monoisotopic (exact) mass is 800 g/mol. The van der Waals surface area contributed by atoms with E-state index in [-0.39, 0.29) is 41.0 Å². The second-order valence-electron chi connectivity index (χ2n) is 13.6. The van der Waals surface area contributed by atoms with Gasteiger partial charge in [-0.2, -0.15) is 23.5 Å². The number of thiocarbonyl (C=S) groups is 1. The van der Waals surface area contributed by atoms with Crippen LogP contribution in [0.5, 0.6) is 11.5 Å². The van der Waals surface area contributed by atoms with Crippen LogP contribution in [-0.4, -0.2) is 100 Å². The summed E-state index contributed by atoms with van der Waals surface area (Å²) < 4.78 is 53.7. The number of aromatic nitrogens is 2. The van der Waals surface area contributed by atoms with Crippen LogP contribution in [0.2, 0.25) is 5.02 Å². The third-order valence-corrected chi connectivity index (χ3v) is 10.4. The molecular weight excluding hydrogens is 765 g/mol. The first-order chi connectivity index (χ1) is 26.1. The molecule has 55 heavy (non-hydrogen) atoms. The number of anilines is 2. The van der Waals surface area contributed by atoms with Gasteiger partial charge in [0.15, 0.2) is 15.9 Å². The van der Waals surface area contributed by atoms with Crippen molar-refractivity contribution in [1.82, 2.24) is 24.9 Å². The quantitative estimate of drug-likeness (QED) is 0.222. The summed E-state index contributed by atoms with van der Waals surface area (Å²) in [5, 5.41) is 15.2. The van der Waals surface area contributed by atoms with E-state index >= 15 is 0 Å². The van der Waals surface area contributed by atoms with E-state index in [1.54, 1.807) is 49.1 Å². The van der Waals surface area contributed by atoms with Crippen molar-refractivity contribution >= 4 is 58.0 Å². The number of ether oxygens (including phenoxy) is 2. The van der Waals surface area contributed by atoms with Crippen LogP contribution in [-0.2, 0) is 20.6 Å². The molecule has 3 amide bonds. The number of alkyl halides is 3. The van der Waals surface area contributed by atoms with E-state index < -0.39 is 52.2 Å². The minimum atomic E-state index is -4.79. The fraction of sp³-hybridized carbons (Fsp3) is 0.417. The molecule has 4 heterocycles. The highest BCUT2D eigenvalue weighted by Crippen LogP contribution is 2.40. The first-order valence-electron chi connectivity index (χ1n) is 17.3. The smallest absolute Gasteiger partial charge is 0.417 e. The molecule has 3 aromatic rings. The third-order valence-electron chi connectivity index (χ3n) is 9.67. The lowest BCUT2D eigenvalue weighted by molar-refractivity contribution is -0.138. The molecule has 19 heteroatoms. The Morgan fingerprint density at radius 2 is 1.60 bits per heavy atom. The van der Waals surface area contributed by atoms with E-state index in [9.17, 15) is 37.6 Å². The highest BCUT2D eigenvalue weighted by Gasteiger charge is 2.50. The minimum absolute atomic E-state index is 0.00407. The predicted molar refractivity (Wildman–Crippen MR) is 198 cm³/mol. The van der Waals surface area contributed by atoms with Crippen LogP contribution in [0.15, 0.2) is 53.5 Å². The van der Waals surface area contributed by atoms with Gasteiger partial charge in [0.1, 0.15) is 30.5 Å². The van der Waals surface area contributed by atoms with Gasteiger partial charge in [-0.25, -0.2) is 4.68 Å². The topological polar surface area (TPSA) is 153 Å². The molecule has 0 radical (unpaired) electrons. The molecule has 1 N–H and O–H groups in total. The number of piperazine rings is 1. The number of benzene rings is 2. The van der Waals surface area contributed by atoms with Gasteiger partial charge >= 0.3 is 6.18 Å². The van der Waals surface area contributed by atoms with Crippen LogP contribution in [0, 0.1) is 11.3 Å². The van der Waals surface area contributed by atoms with Crippen LogP contribution >= 0.6 is 23.8 Å². The maximum absolute atomic E-state index is 13.7. The number of amides is 3. The Morgan fingerprint density at radius 1 is 0.982 bits per heavy atom. The molecule has 2 aromatic carbocycles. The highest BCUT2D eigenvalue weighted by atomic mass is 35.5. The lowest BCUT2D eigenvalue weighted by atomic mass is 10.0. The van der Waals surface area contributed by atoms with Crippen LogP contribution in [0.25, 0.3) is 0 Å². The molecule has 3 aliphatic heterocycles. The lowest BCUT2D eigenvalue weighted by Gasteiger charge is -2.34. The molecule has 3 fully saturated rings. The van der Waals surface area contributed by atoms with Gasteiger partial charge in [0, 0.05) is 51.4 Å². The molecule has 290 valence electrons. The molecule has 1 atom stereocenters. The number of carbonyl (C=O) groups excluding carboxylic acids is 3. The van der Waals surface area contributed by atoms with E-state index in [1.165, 1.54) is 12.3 Å². The normalized spacial score (nSPS) is 19.4. The van der Waals surface area contributed by atoms with E-state index in [4.69, 9.17) is 33.3 Å². The number of nitrogens with one attached hydrogen (secondary N) is 1. The number of hydrogen-bond donors (Lipinski definition) is 1. The summed E-state index contributed by atoms with van der Waals surface area (Å²) in [7, 11) is 0. The number of rotatable bonds is 11. The van der Waals surface area contributed by atoms with Gasteiger partial charge in [-0.15, -0.1) is 0 Å². The zero-order chi connectivity index (χ0) is 39.7. The molecule has 3 saturated heterocycles. The summed E-state index contributed by atoms with van der Waals surface area (Å²) in [5.41, 5.74) is -3.11. The predicted octanol–water partition coefficient (Wildman–Crippen LogP) is 3.76. The van der Waals surface area contributed by atoms with Crippen molar-refractivity contribution in [3.63, 3.8) is 0 Å². The Labute approximate surface area is 323 Å². The second-order valence-corrected chi connectivity index (χ2v) is 14.3.